The molecule has 2 amide bonds. The first-order chi connectivity index (χ1) is 8.49. The zero-order valence-corrected chi connectivity index (χ0v) is 11.2. The first kappa shape index (κ1) is 13.3. The van der Waals surface area contributed by atoms with Crippen molar-refractivity contribution in [2.24, 2.45) is 16.9 Å². The second-order valence-electron chi connectivity index (χ2n) is 5.21. The molecule has 0 aromatic carbocycles. The number of hydrogen-bond donors (Lipinski definition) is 2. The van der Waals surface area contributed by atoms with Crippen molar-refractivity contribution in [3.05, 3.63) is 0 Å². The molecule has 0 aromatic rings. The van der Waals surface area contributed by atoms with Gasteiger partial charge in [-0.1, -0.05) is 18.6 Å². The van der Waals surface area contributed by atoms with Gasteiger partial charge in [-0.3, -0.25) is 9.59 Å². The van der Waals surface area contributed by atoms with E-state index in [9.17, 15) is 9.59 Å². The number of piperidine rings is 1. The Morgan fingerprint density at radius 2 is 1.83 bits per heavy atom. The van der Waals surface area contributed by atoms with Crippen LogP contribution in [0, 0.1) is 5.41 Å². The average Bonchev–Trinajstić information content (AvgIpc) is 2.26. The van der Waals surface area contributed by atoms with Gasteiger partial charge in [0.05, 0.1) is 10.4 Å². The molecule has 1 heterocycles. The van der Waals surface area contributed by atoms with Crippen molar-refractivity contribution in [2.45, 2.75) is 44.6 Å². The summed E-state index contributed by atoms with van der Waals surface area (Å²) in [6.45, 7) is 0.580. The fraction of sp³-hybridized carbons (Fsp3) is 0.750. The molecule has 2 fully saturated rings. The van der Waals surface area contributed by atoms with Gasteiger partial charge in [0.2, 0.25) is 11.8 Å². The number of primary amides is 1. The average molecular weight is 269 g/mol. The van der Waals surface area contributed by atoms with E-state index in [0.717, 1.165) is 19.3 Å². The third-order valence-electron chi connectivity index (χ3n) is 4.18. The third kappa shape index (κ3) is 1.98. The van der Waals surface area contributed by atoms with Gasteiger partial charge in [0.25, 0.3) is 0 Å². The topological polar surface area (TPSA) is 89.4 Å². The highest BCUT2D eigenvalue weighted by molar-refractivity contribution is 7.80. The Hall–Kier alpha value is -1.17. The molecule has 1 unspecified atom stereocenters. The molecule has 18 heavy (non-hydrogen) atoms. The lowest BCUT2D eigenvalue weighted by Gasteiger charge is -2.45. The van der Waals surface area contributed by atoms with Gasteiger partial charge in [-0.15, -0.1) is 0 Å². The van der Waals surface area contributed by atoms with Gasteiger partial charge in [0.1, 0.15) is 6.04 Å². The van der Waals surface area contributed by atoms with E-state index in [1.165, 1.54) is 0 Å². The summed E-state index contributed by atoms with van der Waals surface area (Å²) in [7, 11) is 0. The van der Waals surface area contributed by atoms with Crippen molar-refractivity contribution in [2.75, 3.05) is 6.54 Å². The molecule has 6 heteroatoms. The minimum atomic E-state index is -0.708. The van der Waals surface area contributed by atoms with E-state index in [1.54, 1.807) is 4.90 Å². The van der Waals surface area contributed by atoms with Crippen LogP contribution in [0.3, 0.4) is 0 Å². The van der Waals surface area contributed by atoms with Gasteiger partial charge in [-0.25, -0.2) is 0 Å². The second kappa shape index (κ2) is 4.84. The van der Waals surface area contributed by atoms with E-state index in [4.69, 9.17) is 23.7 Å². The lowest BCUT2D eigenvalue weighted by atomic mass is 9.67. The van der Waals surface area contributed by atoms with E-state index in [-0.39, 0.29) is 10.9 Å². The highest BCUT2D eigenvalue weighted by Gasteiger charge is 2.50. The Balaban J connectivity index is 2.20. The first-order valence-corrected chi connectivity index (χ1v) is 6.80. The predicted octanol–water partition coefficient (Wildman–Crippen LogP) is 0.309. The largest absolute Gasteiger partial charge is 0.392 e. The van der Waals surface area contributed by atoms with Gasteiger partial charge in [-0.05, 0) is 32.1 Å². The number of rotatable bonds is 3. The highest BCUT2D eigenvalue weighted by Crippen LogP contribution is 2.43. The van der Waals surface area contributed by atoms with Crippen LogP contribution in [0.2, 0.25) is 0 Å². The van der Waals surface area contributed by atoms with Crippen LogP contribution in [0.4, 0.5) is 0 Å². The minimum absolute atomic E-state index is 0.0928. The zero-order chi connectivity index (χ0) is 13.3. The number of likely N-dealkylation sites (tertiary alicyclic amines) is 1. The summed E-state index contributed by atoms with van der Waals surface area (Å²) in [5.41, 5.74) is 10.4. The molecular weight excluding hydrogens is 250 g/mol. The van der Waals surface area contributed by atoms with Gasteiger partial charge in [-0.2, -0.15) is 0 Å². The molecule has 5 nitrogen and oxygen atoms in total. The van der Waals surface area contributed by atoms with Crippen molar-refractivity contribution >= 4 is 29.0 Å². The highest BCUT2D eigenvalue weighted by atomic mass is 32.1. The molecule has 2 rings (SSSR count). The Morgan fingerprint density at radius 3 is 2.28 bits per heavy atom. The third-order valence-corrected chi connectivity index (χ3v) is 4.57. The van der Waals surface area contributed by atoms with Crippen LogP contribution < -0.4 is 11.5 Å². The molecule has 0 spiro atoms. The fourth-order valence-electron chi connectivity index (χ4n) is 2.84. The van der Waals surface area contributed by atoms with E-state index in [0.29, 0.717) is 25.8 Å². The molecule has 0 aromatic heterocycles. The number of thiocarbonyl (C=S) groups is 1. The Labute approximate surface area is 112 Å². The van der Waals surface area contributed by atoms with Crippen LogP contribution in [-0.2, 0) is 9.59 Å². The van der Waals surface area contributed by atoms with E-state index >= 15 is 0 Å². The lowest BCUT2D eigenvalue weighted by molar-refractivity contribution is -0.149. The standard InChI is InChI=1S/C12H19N3O2S/c13-9(16)8-4-1-2-7-15(8)11(17)12(10(14)18)5-3-6-12/h8H,1-7H2,(H2,13,16)(H2,14,18). The maximum absolute atomic E-state index is 12.6. The van der Waals surface area contributed by atoms with Gasteiger partial charge < -0.3 is 16.4 Å². The minimum Gasteiger partial charge on any atom is -0.392 e. The van der Waals surface area contributed by atoms with Crippen LogP contribution in [0.25, 0.3) is 0 Å². The summed E-state index contributed by atoms with van der Waals surface area (Å²) in [6, 6.07) is -0.488. The van der Waals surface area contributed by atoms with Crippen LogP contribution in [0.1, 0.15) is 38.5 Å². The van der Waals surface area contributed by atoms with E-state index in [1.807, 2.05) is 0 Å². The number of amides is 2. The summed E-state index contributed by atoms with van der Waals surface area (Å²) in [5.74, 6) is -0.523. The molecule has 2 aliphatic rings. The van der Waals surface area contributed by atoms with E-state index < -0.39 is 17.4 Å². The van der Waals surface area contributed by atoms with Crippen LogP contribution >= 0.6 is 12.2 Å². The SMILES string of the molecule is NC(=O)C1CCCCN1C(=O)C1(C(N)=S)CCC1. The molecule has 4 N–H and O–H groups in total. The summed E-state index contributed by atoms with van der Waals surface area (Å²) in [5, 5.41) is 0. The number of nitrogens with zero attached hydrogens (tertiary/aromatic N) is 1. The fourth-order valence-corrected chi connectivity index (χ4v) is 3.13. The van der Waals surface area contributed by atoms with Crippen LogP contribution in [0.15, 0.2) is 0 Å². The summed E-state index contributed by atoms with van der Waals surface area (Å²) in [6.07, 6.45) is 4.83. The molecule has 1 aliphatic heterocycles. The zero-order valence-electron chi connectivity index (χ0n) is 10.4. The van der Waals surface area contributed by atoms with Crippen molar-refractivity contribution in [1.29, 1.82) is 0 Å². The molecular formula is C12H19N3O2S. The smallest absolute Gasteiger partial charge is 0.240 e. The van der Waals surface area contributed by atoms with Crippen molar-refractivity contribution in [3.63, 3.8) is 0 Å². The van der Waals surface area contributed by atoms with Gasteiger partial charge >= 0.3 is 0 Å². The number of carbonyl (C=O) groups is 2. The van der Waals surface area contributed by atoms with Crippen LogP contribution in [0.5, 0.6) is 0 Å². The summed E-state index contributed by atoms with van der Waals surface area (Å²) >= 11 is 5.04. The molecule has 1 aliphatic carbocycles. The maximum Gasteiger partial charge on any atom is 0.240 e. The Bertz CT molecular complexity index is 393. The quantitative estimate of drug-likeness (QED) is 0.722. The Morgan fingerprint density at radius 1 is 1.17 bits per heavy atom. The molecule has 1 atom stereocenters. The Kier molecular flexibility index (Phi) is 3.56. The van der Waals surface area contributed by atoms with Crippen molar-refractivity contribution in [1.82, 2.24) is 4.90 Å². The molecule has 1 saturated carbocycles. The predicted molar refractivity (Wildman–Crippen MR) is 71.6 cm³/mol. The maximum atomic E-state index is 12.6. The number of hydrogen-bond acceptors (Lipinski definition) is 3. The summed E-state index contributed by atoms with van der Waals surface area (Å²) in [4.78, 5) is 25.9. The van der Waals surface area contributed by atoms with E-state index in [2.05, 4.69) is 0 Å². The van der Waals surface area contributed by atoms with Crippen molar-refractivity contribution < 1.29 is 9.59 Å². The molecule has 0 bridgehead atoms. The molecule has 0 radical (unpaired) electrons. The van der Waals surface area contributed by atoms with Gasteiger partial charge in [0.15, 0.2) is 0 Å². The van der Waals surface area contributed by atoms with Crippen molar-refractivity contribution in [3.8, 4) is 0 Å². The molecule has 1 saturated heterocycles. The van der Waals surface area contributed by atoms with Crippen LogP contribution in [-0.4, -0.2) is 34.3 Å². The number of nitrogens with two attached hydrogens (primary N) is 2. The first-order valence-electron chi connectivity index (χ1n) is 6.39. The number of carbonyl (C=O) groups excluding carboxylic acids is 2. The second-order valence-corrected chi connectivity index (χ2v) is 5.65. The summed E-state index contributed by atoms with van der Waals surface area (Å²) < 4.78 is 0. The van der Waals surface area contributed by atoms with Gasteiger partial charge in [0, 0.05) is 6.54 Å². The normalized spacial score (nSPS) is 26.2. The lowest BCUT2D eigenvalue weighted by Crippen LogP contribution is -2.60. The monoisotopic (exact) mass is 269 g/mol. The molecule has 100 valence electrons.